The van der Waals surface area contributed by atoms with Gasteiger partial charge in [0.25, 0.3) is 5.91 Å². The Morgan fingerprint density at radius 2 is 1.44 bits per heavy atom. The molecule has 3 aromatic rings. The van der Waals surface area contributed by atoms with Crippen LogP contribution in [-0.4, -0.2) is 80.4 Å². The number of anilines is 2. The average Bonchev–Trinajstić information content (AvgIpc) is 3.07. The van der Waals surface area contributed by atoms with Gasteiger partial charge in [0.05, 0.1) is 25.0 Å². The lowest BCUT2D eigenvalue weighted by atomic mass is 10.0. The van der Waals surface area contributed by atoms with E-state index >= 15 is 0 Å². The van der Waals surface area contributed by atoms with Gasteiger partial charge in [-0.3, -0.25) is 9.69 Å². The molecule has 3 saturated heterocycles. The number of hydrogen-bond acceptors (Lipinski definition) is 7. The summed E-state index contributed by atoms with van der Waals surface area (Å²) < 4.78 is 50.1. The minimum Gasteiger partial charge on any atom is -0.489 e. The number of ether oxygens (including phenoxy) is 2. The van der Waals surface area contributed by atoms with E-state index in [4.69, 9.17) is 9.47 Å². The lowest BCUT2D eigenvalue weighted by molar-refractivity contribution is -0.137. The van der Waals surface area contributed by atoms with Gasteiger partial charge in [-0.1, -0.05) is 12.1 Å². The summed E-state index contributed by atoms with van der Waals surface area (Å²) in [7, 11) is 0. The number of rotatable bonds is 8. The lowest BCUT2D eigenvalue weighted by Crippen LogP contribution is -2.44. The zero-order chi connectivity index (χ0) is 31.2. The summed E-state index contributed by atoms with van der Waals surface area (Å²) in [4.78, 5) is 24.1. The number of amides is 1. The Morgan fingerprint density at radius 3 is 2.04 bits per heavy atom. The molecule has 0 spiro atoms. The number of likely N-dealkylation sites (tertiary alicyclic amines) is 1. The normalized spacial score (nSPS) is 19.0. The highest BCUT2D eigenvalue weighted by Gasteiger charge is 2.30. The van der Waals surface area contributed by atoms with Crippen LogP contribution in [0.25, 0.3) is 0 Å². The van der Waals surface area contributed by atoms with Crippen molar-refractivity contribution in [3.63, 3.8) is 0 Å². The van der Waals surface area contributed by atoms with Crippen molar-refractivity contribution < 1.29 is 27.4 Å². The van der Waals surface area contributed by atoms with Gasteiger partial charge in [-0.2, -0.15) is 13.2 Å². The van der Waals surface area contributed by atoms with Crippen LogP contribution < -0.4 is 19.9 Å². The highest BCUT2D eigenvalue weighted by Crippen LogP contribution is 2.31. The monoisotopic (exact) mass is 623 g/mol. The molecule has 1 N–H and O–H groups in total. The van der Waals surface area contributed by atoms with Crippen molar-refractivity contribution in [2.45, 2.75) is 50.6 Å². The van der Waals surface area contributed by atoms with Gasteiger partial charge in [0.1, 0.15) is 17.5 Å². The topological polar surface area (TPSA) is 70.2 Å². The zero-order valence-electron chi connectivity index (χ0n) is 25.3. The largest absolute Gasteiger partial charge is 0.489 e. The molecule has 8 nitrogen and oxygen atoms in total. The van der Waals surface area contributed by atoms with Crippen LogP contribution in [0.4, 0.5) is 24.5 Å². The van der Waals surface area contributed by atoms with Crippen molar-refractivity contribution in [3.05, 3.63) is 83.7 Å². The van der Waals surface area contributed by atoms with Crippen molar-refractivity contribution in [3.8, 4) is 5.75 Å². The third kappa shape index (κ3) is 8.26. The number of nitrogens with zero attached hydrogens (tertiary/aromatic N) is 4. The SMILES string of the molecule is O=C(NC1CCN(Cc2ccc(N3CCOCC3)cc2)CC1)c1ccc(OC2CCN(c3ccc(C(F)(F)F)cc3)CC2)cn1. The van der Waals surface area contributed by atoms with E-state index < -0.39 is 11.7 Å². The van der Waals surface area contributed by atoms with Crippen LogP contribution in [0.1, 0.15) is 47.3 Å². The van der Waals surface area contributed by atoms with Crippen molar-refractivity contribution >= 4 is 17.3 Å². The molecular weight excluding hydrogens is 583 g/mol. The standard InChI is InChI=1S/C34H40F3N5O3/c35-34(36,37)26-3-7-29(8-4-26)41-17-13-30(14-18-41)45-31-9-10-32(38-23-31)33(43)39-27-11-15-40(16-12-27)24-25-1-5-28(6-2-25)42-19-21-44-22-20-42/h1-10,23,27,30H,11-22,24H2,(H,39,43). The van der Waals surface area contributed by atoms with Crippen molar-refractivity contribution in [2.24, 2.45) is 0 Å². The summed E-state index contributed by atoms with van der Waals surface area (Å²) in [6.45, 7) is 7.56. The maximum absolute atomic E-state index is 12.9. The number of halogens is 3. The van der Waals surface area contributed by atoms with Gasteiger partial charge in [0.2, 0.25) is 0 Å². The molecule has 3 aliphatic rings. The molecule has 0 aliphatic carbocycles. The van der Waals surface area contributed by atoms with Gasteiger partial charge in [0.15, 0.2) is 0 Å². The fourth-order valence-electron chi connectivity index (χ4n) is 6.26. The van der Waals surface area contributed by atoms with Gasteiger partial charge in [0, 0.05) is 76.1 Å². The highest BCUT2D eigenvalue weighted by molar-refractivity contribution is 5.92. The highest BCUT2D eigenvalue weighted by atomic mass is 19.4. The molecule has 0 atom stereocenters. The predicted molar refractivity (Wildman–Crippen MR) is 167 cm³/mol. The molecule has 3 fully saturated rings. The first-order valence-corrected chi connectivity index (χ1v) is 15.8. The first kappa shape index (κ1) is 31.2. The fraction of sp³-hybridized carbons (Fsp3) is 0.471. The first-order valence-electron chi connectivity index (χ1n) is 15.8. The predicted octanol–water partition coefficient (Wildman–Crippen LogP) is 5.38. The minimum atomic E-state index is -4.33. The van der Waals surface area contributed by atoms with Crippen LogP contribution in [0.2, 0.25) is 0 Å². The van der Waals surface area contributed by atoms with E-state index in [-0.39, 0.29) is 18.1 Å². The number of pyridine rings is 1. The molecule has 0 saturated carbocycles. The lowest BCUT2D eigenvalue weighted by Gasteiger charge is -2.33. The van der Waals surface area contributed by atoms with Crippen molar-refractivity contribution in [1.82, 2.24) is 15.2 Å². The average molecular weight is 624 g/mol. The van der Waals surface area contributed by atoms with Gasteiger partial charge in [-0.25, -0.2) is 4.98 Å². The molecule has 6 rings (SSSR count). The van der Waals surface area contributed by atoms with Crippen LogP contribution >= 0.6 is 0 Å². The molecule has 2 aromatic carbocycles. The van der Waals surface area contributed by atoms with Crippen LogP contribution in [0, 0.1) is 0 Å². The molecule has 0 unspecified atom stereocenters. The van der Waals surface area contributed by atoms with Crippen molar-refractivity contribution in [2.75, 3.05) is 62.3 Å². The van der Waals surface area contributed by atoms with Crippen LogP contribution in [0.3, 0.4) is 0 Å². The quantitative estimate of drug-likeness (QED) is 0.362. The van der Waals surface area contributed by atoms with E-state index in [0.717, 1.165) is 89.4 Å². The maximum Gasteiger partial charge on any atom is 0.416 e. The summed E-state index contributed by atoms with van der Waals surface area (Å²) in [5.41, 5.74) is 3.04. The Balaban J connectivity index is 0.905. The van der Waals surface area contributed by atoms with E-state index in [1.165, 1.54) is 23.4 Å². The molecule has 1 aromatic heterocycles. The number of alkyl halides is 3. The molecule has 11 heteroatoms. The summed E-state index contributed by atoms with van der Waals surface area (Å²) in [5.74, 6) is 0.425. The summed E-state index contributed by atoms with van der Waals surface area (Å²) in [6.07, 6.45) is 0.492. The first-order chi connectivity index (χ1) is 21.8. The molecule has 1 amide bonds. The van der Waals surface area contributed by atoms with Crippen LogP contribution in [0.15, 0.2) is 66.9 Å². The Morgan fingerprint density at radius 1 is 0.822 bits per heavy atom. The van der Waals surface area contributed by atoms with E-state index in [1.807, 2.05) is 0 Å². The maximum atomic E-state index is 12.9. The number of aromatic nitrogens is 1. The van der Waals surface area contributed by atoms with Gasteiger partial charge in [-0.05, 0) is 66.9 Å². The second-order valence-electron chi connectivity index (χ2n) is 12.0. The smallest absolute Gasteiger partial charge is 0.416 e. The number of morpholine rings is 1. The Kier molecular flexibility index (Phi) is 9.75. The van der Waals surface area contributed by atoms with Crippen molar-refractivity contribution in [1.29, 1.82) is 0 Å². The third-order valence-corrected chi connectivity index (χ3v) is 8.92. The molecule has 4 heterocycles. The van der Waals surface area contributed by atoms with E-state index in [0.29, 0.717) is 24.5 Å². The van der Waals surface area contributed by atoms with E-state index in [9.17, 15) is 18.0 Å². The number of hydrogen-bond donors (Lipinski definition) is 1. The molecule has 3 aliphatic heterocycles. The van der Waals surface area contributed by atoms with Crippen LogP contribution in [-0.2, 0) is 17.5 Å². The Hall–Kier alpha value is -3.83. The van der Waals surface area contributed by atoms with Gasteiger partial charge >= 0.3 is 6.18 Å². The van der Waals surface area contributed by atoms with Gasteiger partial charge < -0.3 is 24.6 Å². The van der Waals surface area contributed by atoms with E-state index in [2.05, 4.69) is 49.3 Å². The molecule has 0 radical (unpaired) electrons. The second kappa shape index (κ2) is 14.1. The number of carbonyl (C=O) groups is 1. The summed E-state index contributed by atoms with van der Waals surface area (Å²) in [6, 6.07) is 17.7. The van der Waals surface area contributed by atoms with Crippen LogP contribution in [0.5, 0.6) is 5.75 Å². The Bertz CT molecular complexity index is 1380. The third-order valence-electron chi connectivity index (χ3n) is 8.92. The number of piperidine rings is 2. The number of carbonyl (C=O) groups excluding carboxylic acids is 1. The Labute approximate surface area is 262 Å². The zero-order valence-corrected chi connectivity index (χ0v) is 25.3. The summed E-state index contributed by atoms with van der Waals surface area (Å²) in [5, 5.41) is 3.14. The fourth-order valence-corrected chi connectivity index (χ4v) is 6.26. The molecule has 45 heavy (non-hydrogen) atoms. The molecule has 240 valence electrons. The van der Waals surface area contributed by atoms with E-state index in [1.54, 1.807) is 18.3 Å². The molecular formula is C34H40F3N5O3. The summed E-state index contributed by atoms with van der Waals surface area (Å²) >= 11 is 0. The second-order valence-corrected chi connectivity index (χ2v) is 12.0. The molecule has 0 bridgehead atoms. The minimum absolute atomic E-state index is 0.0231. The van der Waals surface area contributed by atoms with Gasteiger partial charge in [-0.15, -0.1) is 0 Å². The number of nitrogens with one attached hydrogen (secondary N) is 1. The number of benzene rings is 2.